The molecule has 0 aromatic heterocycles. The zero-order valence-corrected chi connectivity index (χ0v) is 8.79. The molecule has 1 unspecified atom stereocenters. The highest BCUT2D eigenvalue weighted by Gasteiger charge is 2.20. The first kappa shape index (κ1) is 12.2. The summed E-state index contributed by atoms with van der Waals surface area (Å²) in [5.41, 5.74) is 5.43. The molecule has 0 radical (unpaired) electrons. The van der Waals surface area contributed by atoms with Crippen molar-refractivity contribution in [1.82, 2.24) is 4.90 Å². The molecular formula is C10H20N2O. The van der Waals surface area contributed by atoms with Gasteiger partial charge in [-0.1, -0.05) is 13.0 Å². The van der Waals surface area contributed by atoms with Crippen LogP contribution < -0.4 is 5.73 Å². The van der Waals surface area contributed by atoms with Crippen molar-refractivity contribution in [3.63, 3.8) is 0 Å². The Balaban J connectivity index is 4.35. The predicted octanol–water partition coefficient (Wildman–Crippen LogP) is 1.00. The van der Waals surface area contributed by atoms with E-state index in [0.717, 1.165) is 0 Å². The number of carbonyl (C=O) groups excluding carboxylic acids is 1. The topological polar surface area (TPSA) is 46.3 Å². The minimum absolute atomic E-state index is 0.0950. The summed E-state index contributed by atoms with van der Waals surface area (Å²) in [4.78, 5) is 13.5. The average Bonchev–Trinajstić information content (AvgIpc) is 2.11. The predicted molar refractivity (Wildman–Crippen MR) is 55.3 cm³/mol. The van der Waals surface area contributed by atoms with Gasteiger partial charge in [-0.2, -0.15) is 0 Å². The van der Waals surface area contributed by atoms with Gasteiger partial charge in [-0.05, 0) is 13.8 Å². The van der Waals surface area contributed by atoms with Gasteiger partial charge < -0.3 is 10.6 Å². The average molecular weight is 184 g/mol. The van der Waals surface area contributed by atoms with Gasteiger partial charge in [0.25, 0.3) is 0 Å². The van der Waals surface area contributed by atoms with Gasteiger partial charge in [0, 0.05) is 25.0 Å². The molecule has 13 heavy (non-hydrogen) atoms. The maximum Gasteiger partial charge on any atom is 0.227 e. The van der Waals surface area contributed by atoms with Gasteiger partial charge in [0.15, 0.2) is 0 Å². The Morgan fingerprint density at radius 2 is 2.08 bits per heavy atom. The number of hydrogen-bond donors (Lipinski definition) is 1. The highest BCUT2D eigenvalue weighted by Crippen LogP contribution is 2.05. The molecule has 0 rings (SSSR count). The maximum absolute atomic E-state index is 11.7. The fraction of sp³-hybridized carbons (Fsp3) is 0.700. The lowest BCUT2D eigenvalue weighted by Crippen LogP contribution is -2.42. The maximum atomic E-state index is 11.7. The van der Waals surface area contributed by atoms with Crippen molar-refractivity contribution in [2.24, 2.45) is 11.7 Å². The third-order valence-corrected chi connectivity index (χ3v) is 2.01. The van der Waals surface area contributed by atoms with Crippen molar-refractivity contribution in [3.05, 3.63) is 12.7 Å². The summed E-state index contributed by atoms with van der Waals surface area (Å²) in [6.45, 7) is 10.5. The highest BCUT2D eigenvalue weighted by molar-refractivity contribution is 5.79. The Hall–Kier alpha value is -0.830. The molecule has 0 saturated heterocycles. The minimum atomic E-state index is -0.0950. The largest absolute Gasteiger partial charge is 0.336 e. The van der Waals surface area contributed by atoms with E-state index in [0.29, 0.717) is 13.1 Å². The van der Waals surface area contributed by atoms with Crippen molar-refractivity contribution < 1.29 is 4.79 Å². The lowest BCUT2D eigenvalue weighted by atomic mass is 10.1. The zero-order chi connectivity index (χ0) is 10.4. The standard InChI is InChI=1S/C10H20N2O/c1-5-6-12(8(2)3)10(13)9(4)7-11/h5,8-9H,1,6-7,11H2,2-4H3. The van der Waals surface area contributed by atoms with Gasteiger partial charge >= 0.3 is 0 Å². The quantitative estimate of drug-likeness (QED) is 0.648. The summed E-state index contributed by atoms with van der Waals surface area (Å²) in [5.74, 6) is 0.0137. The second kappa shape index (κ2) is 5.75. The Bertz CT molecular complexity index is 178. The molecule has 2 N–H and O–H groups in total. The van der Waals surface area contributed by atoms with E-state index in [1.165, 1.54) is 0 Å². The fourth-order valence-corrected chi connectivity index (χ4v) is 1.08. The van der Waals surface area contributed by atoms with Crippen LogP contribution in [0.2, 0.25) is 0 Å². The van der Waals surface area contributed by atoms with Crippen LogP contribution in [0.25, 0.3) is 0 Å². The molecule has 1 amide bonds. The van der Waals surface area contributed by atoms with Gasteiger partial charge in [0.1, 0.15) is 0 Å². The first-order chi connectivity index (χ1) is 6.04. The summed E-state index contributed by atoms with van der Waals surface area (Å²) >= 11 is 0. The van der Waals surface area contributed by atoms with Crippen LogP contribution in [0.4, 0.5) is 0 Å². The highest BCUT2D eigenvalue weighted by atomic mass is 16.2. The zero-order valence-electron chi connectivity index (χ0n) is 8.79. The summed E-state index contributed by atoms with van der Waals surface area (Å²) in [5, 5.41) is 0. The van der Waals surface area contributed by atoms with Crippen LogP contribution in [0.5, 0.6) is 0 Å². The molecule has 0 aliphatic rings. The van der Waals surface area contributed by atoms with E-state index in [1.54, 1.807) is 11.0 Å². The van der Waals surface area contributed by atoms with Crippen molar-refractivity contribution >= 4 is 5.91 Å². The molecule has 0 fully saturated rings. The number of amides is 1. The van der Waals surface area contributed by atoms with E-state index in [1.807, 2.05) is 20.8 Å². The molecule has 3 nitrogen and oxygen atoms in total. The van der Waals surface area contributed by atoms with Crippen molar-refractivity contribution in [1.29, 1.82) is 0 Å². The van der Waals surface area contributed by atoms with Crippen LogP contribution in [0.1, 0.15) is 20.8 Å². The van der Waals surface area contributed by atoms with Crippen LogP contribution in [0, 0.1) is 5.92 Å². The van der Waals surface area contributed by atoms with Gasteiger partial charge in [-0.15, -0.1) is 6.58 Å². The lowest BCUT2D eigenvalue weighted by Gasteiger charge is -2.27. The van der Waals surface area contributed by atoms with Crippen molar-refractivity contribution in [2.75, 3.05) is 13.1 Å². The molecule has 0 aromatic carbocycles. The van der Waals surface area contributed by atoms with Crippen LogP contribution in [0.15, 0.2) is 12.7 Å². The van der Waals surface area contributed by atoms with Gasteiger partial charge in [-0.25, -0.2) is 0 Å². The van der Waals surface area contributed by atoms with Gasteiger partial charge in [-0.3, -0.25) is 4.79 Å². The monoisotopic (exact) mass is 184 g/mol. The van der Waals surface area contributed by atoms with E-state index >= 15 is 0 Å². The third kappa shape index (κ3) is 3.59. The smallest absolute Gasteiger partial charge is 0.227 e. The molecule has 0 saturated carbocycles. The number of nitrogens with two attached hydrogens (primary N) is 1. The lowest BCUT2D eigenvalue weighted by molar-refractivity contribution is -0.135. The van der Waals surface area contributed by atoms with E-state index in [4.69, 9.17) is 5.73 Å². The minimum Gasteiger partial charge on any atom is -0.336 e. The molecule has 0 spiro atoms. The van der Waals surface area contributed by atoms with E-state index in [-0.39, 0.29) is 17.9 Å². The molecule has 3 heteroatoms. The van der Waals surface area contributed by atoms with Gasteiger partial charge in [0.2, 0.25) is 5.91 Å². The second-order valence-corrected chi connectivity index (χ2v) is 3.51. The Morgan fingerprint density at radius 3 is 2.38 bits per heavy atom. The Kier molecular flexibility index (Phi) is 5.39. The molecule has 76 valence electrons. The number of nitrogens with zero attached hydrogens (tertiary/aromatic N) is 1. The number of hydrogen-bond acceptors (Lipinski definition) is 2. The Labute approximate surface area is 80.6 Å². The van der Waals surface area contributed by atoms with E-state index in [2.05, 4.69) is 6.58 Å². The normalized spacial score (nSPS) is 12.7. The fourth-order valence-electron chi connectivity index (χ4n) is 1.08. The van der Waals surface area contributed by atoms with Crippen LogP contribution >= 0.6 is 0 Å². The van der Waals surface area contributed by atoms with Gasteiger partial charge in [0.05, 0.1) is 0 Å². The molecule has 0 bridgehead atoms. The first-order valence-corrected chi connectivity index (χ1v) is 4.66. The SMILES string of the molecule is C=CCN(C(=O)C(C)CN)C(C)C. The molecule has 0 heterocycles. The number of carbonyl (C=O) groups is 1. The van der Waals surface area contributed by atoms with Crippen LogP contribution in [0.3, 0.4) is 0 Å². The molecular weight excluding hydrogens is 164 g/mol. The first-order valence-electron chi connectivity index (χ1n) is 4.66. The molecule has 1 atom stereocenters. The molecule has 0 aromatic rings. The van der Waals surface area contributed by atoms with Crippen molar-refractivity contribution in [2.45, 2.75) is 26.8 Å². The molecule has 0 aliphatic heterocycles. The van der Waals surface area contributed by atoms with Crippen LogP contribution in [-0.4, -0.2) is 29.9 Å². The summed E-state index contributed by atoms with van der Waals surface area (Å²) in [6.07, 6.45) is 1.74. The number of rotatable bonds is 5. The van der Waals surface area contributed by atoms with E-state index in [9.17, 15) is 4.79 Å². The van der Waals surface area contributed by atoms with Crippen molar-refractivity contribution in [3.8, 4) is 0 Å². The Morgan fingerprint density at radius 1 is 1.54 bits per heavy atom. The molecule has 0 aliphatic carbocycles. The summed E-state index contributed by atoms with van der Waals surface area (Å²) in [7, 11) is 0. The van der Waals surface area contributed by atoms with E-state index < -0.39 is 0 Å². The third-order valence-electron chi connectivity index (χ3n) is 2.01. The second-order valence-electron chi connectivity index (χ2n) is 3.51. The summed E-state index contributed by atoms with van der Waals surface area (Å²) < 4.78 is 0. The van der Waals surface area contributed by atoms with Crippen LogP contribution in [-0.2, 0) is 4.79 Å². The summed E-state index contributed by atoms with van der Waals surface area (Å²) in [6, 6.07) is 0.208.